The highest BCUT2D eigenvalue weighted by Gasteiger charge is 2.53. The van der Waals surface area contributed by atoms with Gasteiger partial charge in [0.05, 0.1) is 10.9 Å². The quantitative estimate of drug-likeness (QED) is 0.237. The lowest BCUT2D eigenvalue weighted by molar-refractivity contribution is -0.157. The van der Waals surface area contributed by atoms with Crippen LogP contribution in [0.4, 0.5) is 0 Å². The molecule has 158 valence electrons. The minimum atomic E-state index is -0.945. The molecule has 0 aliphatic carbocycles. The van der Waals surface area contributed by atoms with Crippen LogP contribution in [-0.2, 0) is 25.7 Å². The Morgan fingerprint density at radius 2 is 2.03 bits per heavy atom. The lowest BCUT2D eigenvalue weighted by atomic mass is 10.0. The molecule has 1 fully saturated rings. The Balaban J connectivity index is 1.48. The minimum Gasteiger partial charge on any atom is -0.460 e. The third-order valence-corrected chi connectivity index (χ3v) is 6.55. The second-order valence-corrected chi connectivity index (χ2v) is 8.73. The van der Waals surface area contributed by atoms with Gasteiger partial charge in [-0.2, -0.15) is 5.06 Å². The van der Waals surface area contributed by atoms with Crippen LogP contribution in [0.3, 0.4) is 0 Å². The average Bonchev–Trinajstić information content (AvgIpc) is 3.47. The first-order chi connectivity index (χ1) is 15.0. The van der Waals surface area contributed by atoms with Gasteiger partial charge in [-0.3, -0.25) is 14.4 Å². The van der Waals surface area contributed by atoms with Gasteiger partial charge in [0, 0.05) is 21.4 Å². The van der Waals surface area contributed by atoms with Crippen molar-refractivity contribution in [3.63, 3.8) is 0 Å². The zero-order chi connectivity index (χ0) is 21.7. The van der Waals surface area contributed by atoms with Crippen molar-refractivity contribution in [1.29, 1.82) is 0 Å². The molecule has 31 heavy (non-hydrogen) atoms. The zero-order valence-corrected chi connectivity index (χ0v) is 17.9. The highest BCUT2D eigenvalue weighted by molar-refractivity contribution is 7.22. The number of hydrogen-bond donors (Lipinski definition) is 0. The van der Waals surface area contributed by atoms with Crippen molar-refractivity contribution >= 4 is 50.7 Å². The fourth-order valence-corrected chi connectivity index (χ4v) is 5.01. The number of benzene rings is 2. The predicted octanol–water partition coefficient (Wildman–Crippen LogP) is 4.29. The predicted molar refractivity (Wildman–Crippen MR) is 113 cm³/mol. The van der Waals surface area contributed by atoms with Gasteiger partial charge in [-0.15, -0.1) is 11.3 Å². The summed E-state index contributed by atoms with van der Waals surface area (Å²) < 4.78 is 11.7. The molecule has 2 unspecified atom stereocenters. The molecule has 0 bridgehead atoms. The number of Topliss-reactive ketones (excluding diaryl/α,β-unsaturated/α-hetero) is 1. The summed E-state index contributed by atoms with van der Waals surface area (Å²) in [5.74, 6) is -2.04. The number of ketones is 1. The van der Waals surface area contributed by atoms with Crippen molar-refractivity contribution < 1.29 is 28.7 Å². The standard InChI is InChI=1S/C22H16ClNO6S/c1-2-28-22(27)17(25)12-8-7-11-9-16(23)31-19(11)15(12)10-29-24-20(26)14-6-4-3-5-13(14)18-21(24)30-18/h3-9,18,21H,2,10H2,1H3. The summed E-state index contributed by atoms with van der Waals surface area (Å²) in [7, 11) is 0. The smallest absolute Gasteiger partial charge is 0.379 e. The molecule has 0 spiro atoms. The van der Waals surface area contributed by atoms with Gasteiger partial charge in [-0.25, -0.2) is 4.79 Å². The molecule has 9 heteroatoms. The molecule has 0 radical (unpaired) electrons. The van der Waals surface area contributed by atoms with E-state index in [1.54, 1.807) is 37.3 Å². The van der Waals surface area contributed by atoms with Crippen LogP contribution in [-0.4, -0.2) is 35.6 Å². The number of rotatable bonds is 6. The molecule has 1 amide bonds. The van der Waals surface area contributed by atoms with Gasteiger partial charge < -0.3 is 9.47 Å². The molecule has 2 aromatic carbocycles. The van der Waals surface area contributed by atoms with Crippen molar-refractivity contribution in [1.82, 2.24) is 5.06 Å². The fraction of sp³-hybridized carbons (Fsp3) is 0.227. The highest BCUT2D eigenvalue weighted by atomic mass is 35.5. The van der Waals surface area contributed by atoms with E-state index in [2.05, 4.69) is 0 Å². The number of hydroxylamine groups is 2. The molecule has 0 saturated carbocycles. The van der Waals surface area contributed by atoms with Crippen molar-refractivity contribution in [2.45, 2.75) is 25.9 Å². The molecule has 2 aliphatic rings. The van der Waals surface area contributed by atoms with Gasteiger partial charge in [0.15, 0.2) is 6.23 Å². The molecule has 2 aliphatic heterocycles. The Morgan fingerprint density at radius 1 is 1.23 bits per heavy atom. The summed E-state index contributed by atoms with van der Waals surface area (Å²) in [6.07, 6.45) is -0.751. The Bertz CT molecular complexity index is 1240. The van der Waals surface area contributed by atoms with E-state index in [-0.39, 0.29) is 30.8 Å². The summed E-state index contributed by atoms with van der Waals surface area (Å²) in [6, 6.07) is 12.3. The number of nitrogens with zero attached hydrogens (tertiary/aromatic N) is 1. The molecule has 5 rings (SSSR count). The molecular formula is C22H16ClNO6S. The largest absolute Gasteiger partial charge is 0.460 e. The van der Waals surface area contributed by atoms with Gasteiger partial charge in [-0.05, 0) is 36.1 Å². The number of hydrogen-bond acceptors (Lipinski definition) is 7. The second-order valence-electron chi connectivity index (χ2n) is 7.05. The van der Waals surface area contributed by atoms with E-state index in [9.17, 15) is 14.4 Å². The number of carbonyl (C=O) groups is 3. The summed E-state index contributed by atoms with van der Waals surface area (Å²) in [5, 5.41) is 2.00. The van der Waals surface area contributed by atoms with Crippen molar-refractivity contribution in [2.24, 2.45) is 0 Å². The third kappa shape index (κ3) is 3.41. The van der Waals surface area contributed by atoms with Gasteiger partial charge >= 0.3 is 5.97 Å². The van der Waals surface area contributed by atoms with Crippen molar-refractivity contribution in [3.8, 4) is 0 Å². The van der Waals surface area contributed by atoms with Crippen LogP contribution in [0.15, 0.2) is 42.5 Å². The molecule has 3 heterocycles. The first kappa shape index (κ1) is 20.1. The molecular weight excluding hydrogens is 442 g/mol. The number of ether oxygens (including phenoxy) is 2. The Morgan fingerprint density at radius 3 is 2.84 bits per heavy atom. The van der Waals surface area contributed by atoms with Gasteiger partial charge in [-0.1, -0.05) is 35.9 Å². The van der Waals surface area contributed by atoms with Crippen LogP contribution >= 0.6 is 22.9 Å². The Hall–Kier alpha value is -2.78. The molecule has 0 N–H and O–H groups in total. The maximum Gasteiger partial charge on any atom is 0.379 e. The number of thiophene rings is 1. The maximum atomic E-state index is 12.9. The zero-order valence-electron chi connectivity index (χ0n) is 16.3. The van der Waals surface area contributed by atoms with Gasteiger partial charge in [0.2, 0.25) is 0 Å². The number of carbonyl (C=O) groups excluding carboxylic acids is 3. The second kappa shape index (κ2) is 7.72. The van der Waals surface area contributed by atoms with Crippen LogP contribution in [0, 0.1) is 0 Å². The molecule has 7 nitrogen and oxygen atoms in total. The fourth-order valence-electron chi connectivity index (χ4n) is 3.74. The topological polar surface area (TPSA) is 85.4 Å². The molecule has 1 saturated heterocycles. The monoisotopic (exact) mass is 457 g/mol. The van der Waals surface area contributed by atoms with Crippen LogP contribution in [0.1, 0.15) is 44.9 Å². The van der Waals surface area contributed by atoms with E-state index >= 15 is 0 Å². The van der Waals surface area contributed by atoms with Gasteiger partial charge in [0.25, 0.3) is 11.7 Å². The van der Waals surface area contributed by atoms with Crippen LogP contribution in [0.25, 0.3) is 10.1 Å². The summed E-state index contributed by atoms with van der Waals surface area (Å²) >= 11 is 7.44. The van der Waals surface area contributed by atoms with E-state index in [4.69, 9.17) is 25.9 Å². The lowest BCUT2D eigenvalue weighted by Gasteiger charge is -2.24. The number of amides is 1. The third-order valence-electron chi connectivity index (χ3n) is 5.21. The van der Waals surface area contributed by atoms with Crippen molar-refractivity contribution in [2.75, 3.05) is 6.61 Å². The average molecular weight is 458 g/mol. The SMILES string of the molecule is CCOC(=O)C(=O)c1ccc2cc(Cl)sc2c1CON1C(=O)c2ccccc2C2OC21. The van der Waals surface area contributed by atoms with Crippen LogP contribution in [0.2, 0.25) is 4.34 Å². The highest BCUT2D eigenvalue weighted by Crippen LogP contribution is 2.47. The normalized spacial score (nSPS) is 19.2. The molecule has 2 atom stereocenters. The van der Waals surface area contributed by atoms with Crippen LogP contribution < -0.4 is 0 Å². The molecule has 1 aromatic heterocycles. The number of halogens is 1. The van der Waals surface area contributed by atoms with Crippen LogP contribution in [0.5, 0.6) is 0 Å². The van der Waals surface area contributed by atoms with E-state index < -0.39 is 18.0 Å². The number of fused-ring (bicyclic) bond motifs is 4. The molecule has 3 aromatic rings. The first-order valence-electron chi connectivity index (χ1n) is 9.62. The summed E-state index contributed by atoms with van der Waals surface area (Å²) in [4.78, 5) is 43.5. The van der Waals surface area contributed by atoms with Crippen molar-refractivity contribution in [3.05, 3.63) is 69.1 Å². The Kier molecular flexibility index (Phi) is 5.02. The van der Waals surface area contributed by atoms with Gasteiger partial charge in [0.1, 0.15) is 12.7 Å². The first-order valence-corrected chi connectivity index (χ1v) is 10.8. The summed E-state index contributed by atoms with van der Waals surface area (Å²) in [5.41, 5.74) is 1.98. The maximum absolute atomic E-state index is 12.9. The lowest BCUT2D eigenvalue weighted by Crippen LogP contribution is -2.37. The van der Waals surface area contributed by atoms with E-state index in [1.165, 1.54) is 16.4 Å². The summed E-state index contributed by atoms with van der Waals surface area (Å²) in [6.45, 7) is 1.60. The number of epoxide rings is 1. The van der Waals surface area contributed by atoms with E-state index in [1.807, 2.05) is 12.1 Å². The van der Waals surface area contributed by atoms with E-state index in [0.717, 1.165) is 10.9 Å². The van der Waals surface area contributed by atoms with E-state index in [0.29, 0.717) is 20.2 Å². The Labute approximate surface area is 186 Å². The number of esters is 1. The minimum absolute atomic E-state index is 0.0889.